The lowest BCUT2D eigenvalue weighted by Gasteiger charge is -2.09. The highest BCUT2D eigenvalue weighted by Gasteiger charge is 2.27. The van der Waals surface area contributed by atoms with Crippen molar-refractivity contribution in [3.63, 3.8) is 0 Å². The molecule has 0 N–H and O–H groups in total. The van der Waals surface area contributed by atoms with Crippen molar-refractivity contribution in [3.8, 4) is 45.5 Å². The van der Waals surface area contributed by atoms with Gasteiger partial charge in [-0.15, -0.1) is 0 Å². The summed E-state index contributed by atoms with van der Waals surface area (Å²) in [6, 6.07) is 5.60. The second-order valence-electron chi connectivity index (χ2n) is 8.43. The number of carbonyl (C=O) groups is 1. The number of nitro benzene ring substituents is 2. The Bertz CT molecular complexity index is 1540. The van der Waals surface area contributed by atoms with Crippen molar-refractivity contribution in [2.45, 2.75) is 0 Å². The van der Waals surface area contributed by atoms with E-state index in [1.165, 1.54) is 61.8 Å². The first-order valence-electron chi connectivity index (χ1n) is 11.5. The first-order chi connectivity index (χ1) is 19.0. The standard InChI is InChI=1S/C25H24N6O9/c1-28-11-15(13-7-17(30(33)34)22(39-5)19(9-13)37-3)26-24(28)21(32)25-27-16(12-29(25)2)14-8-18(31(35)36)23(40-6)20(10-14)38-4/h7-12H,1-6H3. The smallest absolute Gasteiger partial charge is 0.315 e. The van der Waals surface area contributed by atoms with Gasteiger partial charge >= 0.3 is 11.4 Å². The molecule has 0 radical (unpaired) electrons. The van der Waals surface area contributed by atoms with Crippen LogP contribution in [0, 0.1) is 20.2 Å². The SMILES string of the molecule is COc1cc(-c2cn(C)c(C(=O)c3nc(-c4cc(OC)c(OC)c([N+](=O)[O-])c4)cn3C)n2)cc([N+](=O)[O-])c1OC. The summed E-state index contributed by atoms with van der Waals surface area (Å²) in [6.45, 7) is 0. The topological polar surface area (TPSA) is 176 Å². The van der Waals surface area contributed by atoms with E-state index in [1.807, 2.05) is 0 Å². The Morgan fingerprint density at radius 3 is 1.38 bits per heavy atom. The Labute approximate surface area is 226 Å². The molecule has 0 saturated heterocycles. The van der Waals surface area contributed by atoms with Crippen molar-refractivity contribution in [3.05, 3.63) is 68.5 Å². The summed E-state index contributed by atoms with van der Waals surface area (Å²) in [7, 11) is 8.49. The number of benzene rings is 2. The Balaban J connectivity index is 1.76. The summed E-state index contributed by atoms with van der Waals surface area (Å²) in [6.07, 6.45) is 3.08. The van der Waals surface area contributed by atoms with E-state index in [2.05, 4.69) is 9.97 Å². The molecule has 15 nitrogen and oxygen atoms in total. The lowest BCUT2D eigenvalue weighted by Crippen LogP contribution is -2.13. The maximum atomic E-state index is 13.5. The van der Waals surface area contributed by atoms with E-state index < -0.39 is 15.6 Å². The molecule has 0 aliphatic heterocycles. The van der Waals surface area contributed by atoms with E-state index in [0.717, 1.165) is 0 Å². The van der Waals surface area contributed by atoms with E-state index >= 15 is 0 Å². The number of methoxy groups -OCH3 is 4. The fourth-order valence-electron chi connectivity index (χ4n) is 4.19. The van der Waals surface area contributed by atoms with Gasteiger partial charge in [0.1, 0.15) is 0 Å². The molecule has 0 atom stereocenters. The van der Waals surface area contributed by atoms with Gasteiger partial charge in [0.15, 0.2) is 23.1 Å². The molecular formula is C25H24N6O9. The number of aromatic nitrogens is 4. The number of aryl methyl sites for hydroxylation is 2. The number of hydrogen-bond donors (Lipinski definition) is 0. The van der Waals surface area contributed by atoms with Gasteiger partial charge in [0.05, 0.1) is 49.7 Å². The minimum Gasteiger partial charge on any atom is -0.493 e. The molecule has 4 aromatic rings. The van der Waals surface area contributed by atoms with Crippen molar-refractivity contribution in [2.24, 2.45) is 14.1 Å². The number of nitrogens with zero attached hydrogens (tertiary/aromatic N) is 6. The number of hydrogen-bond acceptors (Lipinski definition) is 11. The Morgan fingerprint density at radius 1 is 0.700 bits per heavy atom. The monoisotopic (exact) mass is 552 g/mol. The molecule has 0 aliphatic carbocycles. The number of imidazole rings is 2. The van der Waals surface area contributed by atoms with Crippen molar-refractivity contribution >= 4 is 17.2 Å². The predicted octanol–water partition coefficient (Wildman–Crippen LogP) is 3.57. The third kappa shape index (κ3) is 4.75. The molecule has 2 aromatic heterocycles. The summed E-state index contributed by atoms with van der Waals surface area (Å²) in [5.74, 6) is -0.366. The predicted molar refractivity (Wildman–Crippen MR) is 140 cm³/mol. The third-order valence-electron chi connectivity index (χ3n) is 6.06. The van der Waals surface area contributed by atoms with Crippen LogP contribution >= 0.6 is 0 Å². The lowest BCUT2D eigenvalue weighted by molar-refractivity contribution is -0.385. The molecule has 0 aliphatic rings. The molecule has 2 heterocycles. The maximum Gasteiger partial charge on any atom is 0.315 e. The zero-order valence-electron chi connectivity index (χ0n) is 22.3. The molecule has 40 heavy (non-hydrogen) atoms. The van der Waals surface area contributed by atoms with Crippen molar-refractivity contribution in [1.29, 1.82) is 0 Å². The van der Waals surface area contributed by atoms with Crippen LogP contribution in [-0.4, -0.2) is 63.2 Å². The summed E-state index contributed by atoms with van der Waals surface area (Å²) in [5.41, 5.74) is 0.565. The van der Waals surface area contributed by atoms with Crippen molar-refractivity contribution in [1.82, 2.24) is 19.1 Å². The quantitative estimate of drug-likeness (QED) is 0.160. The number of ether oxygens (including phenoxy) is 4. The second kappa shape index (κ2) is 10.7. The first kappa shape index (κ1) is 27.6. The summed E-state index contributed by atoms with van der Waals surface area (Å²) in [4.78, 5) is 44.4. The first-order valence-corrected chi connectivity index (χ1v) is 11.5. The highest BCUT2D eigenvalue weighted by molar-refractivity contribution is 6.05. The second-order valence-corrected chi connectivity index (χ2v) is 8.43. The van der Waals surface area contributed by atoms with Gasteiger partial charge in [0, 0.05) is 49.7 Å². The minimum absolute atomic E-state index is 0.00554. The van der Waals surface area contributed by atoms with Crippen LogP contribution in [0.3, 0.4) is 0 Å². The normalized spacial score (nSPS) is 10.8. The van der Waals surface area contributed by atoms with Crippen molar-refractivity contribution in [2.75, 3.05) is 28.4 Å². The van der Waals surface area contributed by atoms with Gasteiger partial charge in [-0.2, -0.15) is 0 Å². The fraction of sp³-hybridized carbons (Fsp3) is 0.240. The Morgan fingerprint density at radius 2 is 1.07 bits per heavy atom. The summed E-state index contributed by atoms with van der Waals surface area (Å²) >= 11 is 0. The summed E-state index contributed by atoms with van der Waals surface area (Å²) in [5, 5.41) is 23.2. The van der Waals surface area contributed by atoms with E-state index in [1.54, 1.807) is 26.5 Å². The van der Waals surface area contributed by atoms with Crippen LogP contribution < -0.4 is 18.9 Å². The van der Waals surface area contributed by atoms with Crippen LogP contribution in [0.2, 0.25) is 0 Å². The zero-order valence-corrected chi connectivity index (χ0v) is 22.3. The average molecular weight is 553 g/mol. The molecule has 0 fully saturated rings. The lowest BCUT2D eigenvalue weighted by atomic mass is 10.1. The largest absolute Gasteiger partial charge is 0.493 e. The highest BCUT2D eigenvalue weighted by Crippen LogP contribution is 2.42. The van der Waals surface area contributed by atoms with E-state index in [9.17, 15) is 25.0 Å². The number of nitro groups is 2. The van der Waals surface area contributed by atoms with E-state index in [-0.39, 0.29) is 57.4 Å². The zero-order chi connectivity index (χ0) is 29.3. The van der Waals surface area contributed by atoms with Gasteiger partial charge in [-0.25, -0.2) is 9.97 Å². The summed E-state index contributed by atoms with van der Waals surface area (Å²) < 4.78 is 23.7. The van der Waals surface area contributed by atoms with Crippen LogP contribution in [0.1, 0.15) is 16.4 Å². The molecule has 0 bridgehead atoms. The van der Waals surface area contributed by atoms with Crippen LogP contribution in [0.15, 0.2) is 36.7 Å². The highest BCUT2D eigenvalue weighted by atomic mass is 16.6. The average Bonchev–Trinajstić information content (AvgIpc) is 3.53. The minimum atomic E-state index is -0.603. The van der Waals surface area contributed by atoms with Crippen LogP contribution in [0.5, 0.6) is 23.0 Å². The van der Waals surface area contributed by atoms with Gasteiger partial charge in [-0.05, 0) is 12.1 Å². The van der Waals surface area contributed by atoms with Gasteiger partial charge in [-0.3, -0.25) is 25.0 Å². The van der Waals surface area contributed by atoms with E-state index in [0.29, 0.717) is 11.1 Å². The van der Waals surface area contributed by atoms with Crippen molar-refractivity contribution < 1.29 is 33.6 Å². The third-order valence-corrected chi connectivity index (χ3v) is 6.06. The molecule has 0 saturated carbocycles. The molecule has 208 valence electrons. The van der Waals surface area contributed by atoms with Gasteiger partial charge in [0.2, 0.25) is 11.5 Å². The molecular weight excluding hydrogens is 528 g/mol. The van der Waals surface area contributed by atoms with E-state index in [4.69, 9.17) is 18.9 Å². The van der Waals surface area contributed by atoms with Crippen LogP contribution in [0.4, 0.5) is 11.4 Å². The Hall–Kier alpha value is -5.47. The van der Waals surface area contributed by atoms with Gasteiger partial charge in [0.25, 0.3) is 5.78 Å². The molecule has 15 heteroatoms. The van der Waals surface area contributed by atoms with Gasteiger partial charge < -0.3 is 28.1 Å². The molecule has 4 rings (SSSR count). The molecule has 0 amide bonds. The number of rotatable bonds is 10. The Kier molecular flexibility index (Phi) is 7.39. The number of carbonyl (C=O) groups excluding carboxylic acids is 1. The number of ketones is 1. The molecule has 0 unspecified atom stereocenters. The van der Waals surface area contributed by atoms with Crippen LogP contribution in [0.25, 0.3) is 22.5 Å². The molecule has 0 spiro atoms. The fourth-order valence-corrected chi connectivity index (χ4v) is 4.19. The maximum absolute atomic E-state index is 13.5. The molecule has 2 aromatic carbocycles. The van der Waals surface area contributed by atoms with Gasteiger partial charge in [-0.1, -0.05) is 0 Å². The van der Waals surface area contributed by atoms with Crippen LogP contribution in [-0.2, 0) is 14.1 Å².